The third-order valence-corrected chi connectivity index (χ3v) is 2.50. The van der Waals surface area contributed by atoms with Crippen LogP contribution in [0.2, 0.25) is 5.15 Å². The summed E-state index contributed by atoms with van der Waals surface area (Å²) in [4.78, 5) is 0. The van der Waals surface area contributed by atoms with Crippen LogP contribution in [0.25, 0.3) is 17.2 Å². The summed E-state index contributed by atoms with van der Waals surface area (Å²) in [5.74, 6) is 1.02. The molecule has 0 aromatic carbocycles. The Morgan fingerprint density at radius 3 is 2.89 bits per heavy atom. The molecule has 0 saturated carbocycles. The molecule has 88 valence electrons. The van der Waals surface area contributed by atoms with Crippen LogP contribution in [0.5, 0.6) is 0 Å². The second-order valence-corrected chi connectivity index (χ2v) is 3.96. The second-order valence-electron chi connectivity index (χ2n) is 3.57. The van der Waals surface area contributed by atoms with Gasteiger partial charge in [-0.2, -0.15) is 14.9 Å². The molecule has 0 N–H and O–H groups in total. The van der Waals surface area contributed by atoms with Gasteiger partial charge in [0.2, 0.25) is 5.82 Å². The van der Waals surface area contributed by atoms with Crippen LogP contribution in [0.3, 0.4) is 0 Å². The highest BCUT2D eigenvalue weighted by molar-refractivity contribution is 6.29. The predicted octanol–water partition coefficient (Wildman–Crippen LogP) is 1.61. The van der Waals surface area contributed by atoms with E-state index in [1.165, 1.54) is 10.6 Å². The third kappa shape index (κ3) is 1.51. The monoisotopic (exact) mass is 260 g/mol. The first-order valence-corrected chi connectivity index (χ1v) is 5.32. The Bertz CT molecular complexity index is 783. The molecule has 8 heteroatoms. The van der Waals surface area contributed by atoms with E-state index < -0.39 is 0 Å². The van der Waals surface area contributed by atoms with E-state index in [0.717, 1.165) is 0 Å². The maximum absolute atomic E-state index is 8.99. The minimum absolute atomic E-state index is 0.181. The van der Waals surface area contributed by atoms with E-state index in [0.29, 0.717) is 28.5 Å². The lowest BCUT2D eigenvalue weighted by Gasteiger charge is -1.96. The number of fused-ring (bicyclic) bond motifs is 1. The molecule has 0 unspecified atom stereocenters. The SMILES string of the molecule is Cc1cc(-c2nnc3c(C#N)cc(Cl)nn23)no1. The maximum atomic E-state index is 8.99. The smallest absolute Gasteiger partial charge is 0.207 e. The molecule has 0 radical (unpaired) electrons. The average Bonchev–Trinajstić information content (AvgIpc) is 2.93. The number of hydrogen-bond donors (Lipinski definition) is 0. The quantitative estimate of drug-likeness (QED) is 0.660. The molecule has 0 fully saturated rings. The molecule has 3 rings (SSSR count). The van der Waals surface area contributed by atoms with Crippen LogP contribution in [0.15, 0.2) is 16.7 Å². The van der Waals surface area contributed by atoms with Gasteiger partial charge in [-0.05, 0) is 13.0 Å². The van der Waals surface area contributed by atoms with Gasteiger partial charge in [-0.25, -0.2) is 0 Å². The Kier molecular flexibility index (Phi) is 2.25. The number of hydrogen-bond acceptors (Lipinski definition) is 6. The van der Waals surface area contributed by atoms with Gasteiger partial charge in [0.05, 0.1) is 0 Å². The van der Waals surface area contributed by atoms with Gasteiger partial charge in [0.15, 0.2) is 16.5 Å². The largest absolute Gasteiger partial charge is 0.361 e. The van der Waals surface area contributed by atoms with Crippen LogP contribution in [0.1, 0.15) is 11.3 Å². The number of halogens is 1. The molecule has 0 spiro atoms. The van der Waals surface area contributed by atoms with E-state index >= 15 is 0 Å². The van der Waals surface area contributed by atoms with Gasteiger partial charge in [-0.15, -0.1) is 10.2 Å². The first-order valence-electron chi connectivity index (χ1n) is 4.95. The van der Waals surface area contributed by atoms with Crippen LogP contribution < -0.4 is 0 Å². The number of rotatable bonds is 1. The Labute approximate surface area is 106 Å². The Morgan fingerprint density at radius 1 is 1.39 bits per heavy atom. The minimum Gasteiger partial charge on any atom is -0.361 e. The topological polar surface area (TPSA) is 92.9 Å². The van der Waals surface area contributed by atoms with Gasteiger partial charge in [-0.3, -0.25) is 0 Å². The Morgan fingerprint density at radius 2 is 2.22 bits per heavy atom. The molecular formula is C10H5ClN6O. The zero-order valence-electron chi connectivity index (χ0n) is 9.12. The molecule has 18 heavy (non-hydrogen) atoms. The van der Waals surface area contributed by atoms with Crippen molar-refractivity contribution in [1.82, 2.24) is 25.0 Å². The van der Waals surface area contributed by atoms with Crippen molar-refractivity contribution >= 4 is 17.2 Å². The minimum atomic E-state index is 0.181. The van der Waals surface area contributed by atoms with Crippen LogP contribution in [0.4, 0.5) is 0 Å². The van der Waals surface area contributed by atoms with E-state index in [2.05, 4.69) is 20.5 Å². The van der Waals surface area contributed by atoms with Gasteiger partial charge in [0.1, 0.15) is 17.4 Å². The fourth-order valence-corrected chi connectivity index (χ4v) is 1.75. The molecule has 0 aliphatic rings. The molecule has 3 aromatic rings. The maximum Gasteiger partial charge on any atom is 0.207 e. The molecule has 0 atom stereocenters. The van der Waals surface area contributed by atoms with Crippen molar-refractivity contribution in [3.63, 3.8) is 0 Å². The average molecular weight is 261 g/mol. The lowest BCUT2D eigenvalue weighted by molar-refractivity contribution is 0.399. The van der Waals surface area contributed by atoms with Crippen molar-refractivity contribution in [2.24, 2.45) is 0 Å². The van der Waals surface area contributed by atoms with Gasteiger partial charge in [-0.1, -0.05) is 16.8 Å². The zero-order valence-corrected chi connectivity index (χ0v) is 9.88. The third-order valence-electron chi connectivity index (χ3n) is 2.32. The summed E-state index contributed by atoms with van der Waals surface area (Å²) in [5, 5.41) is 24.9. The molecule has 0 aliphatic carbocycles. The molecular weight excluding hydrogens is 256 g/mol. The van der Waals surface area contributed by atoms with E-state index in [-0.39, 0.29) is 5.15 Å². The Hall–Kier alpha value is -2.46. The highest BCUT2D eigenvalue weighted by atomic mass is 35.5. The lowest BCUT2D eigenvalue weighted by atomic mass is 10.3. The van der Waals surface area contributed by atoms with Gasteiger partial charge in [0, 0.05) is 6.07 Å². The summed E-state index contributed by atoms with van der Waals surface area (Å²) >= 11 is 5.84. The summed E-state index contributed by atoms with van der Waals surface area (Å²) in [6.07, 6.45) is 0. The molecule has 3 heterocycles. The summed E-state index contributed by atoms with van der Waals surface area (Å²) in [7, 11) is 0. The van der Waals surface area contributed by atoms with Gasteiger partial charge in [0.25, 0.3) is 0 Å². The second kappa shape index (κ2) is 3.78. The summed E-state index contributed by atoms with van der Waals surface area (Å²) < 4.78 is 6.34. The van der Waals surface area contributed by atoms with Crippen LogP contribution in [-0.4, -0.2) is 25.0 Å². The Balaban J connectivity index is 2.33. The molecule has 0 saturated heterocycles. The van der Waals surface area contributed by atoms with E-state index in [9.17, 15) is 0 Å². The van der Waals surface area contributed by atoms with Crippen molar-refractivity contribution in [3.8, 4) is 17.6 Å². The van der Waals surface area contributed by atoms with E-state index in [4.69, 9.17) is 21.4 Å². The highest BCUT2D eigenvalue weighted by Gasteiger charge is 2.16. The van der Waals surface area contributed by atoms with E-state index in [1.807, 2.05) is 6.07 Å². The van der Waals surface area contributed by atoms with Crippen molar-refractivity contribution < 1.29 is 4.52 Å². The predicted molar refractivity (Wildman–Crippen MR) is 60.7 cm³/mol. The lowest BCUT2D eigenvalue weighted by Crippen LogP contribution is -1.97. The first kappa shape index (κ1) is 10.7. The van der Waals surface area contributed by atoms with Crippen molar-refractivity contribution in [3.05, 3.63) is 28.6 Å². The fourth-order valence-electron chi connectivity index (χ4n) is 1.56. The van der Waals surface area contributed by atoms with Crippen LogP contribution in [0, 0.1) is 18.3 Å². The molecule has 0 aliphatic heterocycles. The molecule has 0 amide bonds. The zero-order chi connectivity index (χ0) is 12.7. The van der Waals surface area contributed by atoms with Crippen molar-refractivity contribution in [2.75, 3.05) is 0 Å². The first-order chi connectivity index (χ1) is 8.69. The molecule has 7 nitrogen and oxygen atoms in total. The number of nitrogens with zero attached hydrogens (tertiary/aromatic N) is 6. The van der Waals surface area contributed by atoms with Crippen molar-refractivity contribution in [1.29, 1.82) is 5.26 Å². The van der Waals surface area contributed by atoms with Gasteiger partial charge < -0.3 is 4.52 Å². The normalized spacial score (nSPS) is 10.7. The van der Waals surface area contributed by atoms with E-state index in [1.54, 1.807) is 13.0 Å². The molecule has 0 bridgehead atoms. The molecule has 3 aromatic heterocycles. The number of aryl methyl sites for hydroxylation is 1. The standard InChI is InChI=1S/C10H5ClN6O/c1-5-2-7(16-18-5)10-14-13-9-6(4-12)3-8(11)15-17(9)10/h2-3H,1H3. The highest BCUT2D eigenvalue weighted by Crippen LogP contribution is 2.20. The van der Waals surface area contributed by atoms with Crippen LogP contribution >= 0.6 is 11.6 Å². The van der Waals surface area contributed by atoms with Crippen molar-refractivity contribution in [2.45, 2.75) is 6.92 Å². The van der Waals surface area contributed by atoms with Gasteiger partial charge >= 0.3 is 0 Å². The summed E-state index contributed by atoms with van der Waals surface area (Å²) in [6, 6.07) is 5.12. The fraction of sp³-hybridized carbons (Fsp3) is 0.100. The number of nitriles is 1. The number of aromatic nitrogens is 5. The summed E-state index contributed by atoms with van der Waals surface area (Å²) in [6.45, 7) is 1.76. The summed E-state index contributed by atoms with van der Waals surface area (Å²) in [5.41, 5.74) is 1.12. The van der Waals surface area contributed by atoms with Crippen LogP contribution in [-0.2, 0) is 0 Å².